The van der Waals surface area contributed by atoms with Crippen LogP contribution in [-0.2, 0) is 0 Å². The lowest BCUT2D eigenvalue weighted by Crippen LogP contribution is -2.21. The van der Waals surface area contributed by atoms with Gasteiger partial charge in [0.1, 0.15) is 0 Å². The van der Waals surface area contributed by atoms with Crippen molar-refractivity contribution in [3.05, 3.63) is 16.6 Å². The van der Waals surface area contributed by atoms with Crippen molar-refractivity contribution in [2.45, 2.75) is 27.2 Å². The molecule has 1 N–H and O–H groups in total. The van der Waals surface area contributed by atoms with Crippen molar-refractivity contribution in [2.75, 3.05) is 24.6 Å². The molecule has 0 atom stereocenters. The molecule has 1 heterocycles. The Morgan fingerprint density at radius 3 is 2.62 bits per heavy atom. The number of aromatic nitrogens is 1. The molecule has 0 spiro atoms. The summed E-state index contributed by atoms with van der Waals surface area (Å²) in [5.41, 5.74) is 1.05. The molecule has 4 heteroatoms. The lowest BCUT2D eigenvalue weighted by molar-refractivity contribution is 0.329. The van der Waals surface area contributed by atoms with Gasteiger partial charge in [-0.1, -0.05) is 18.3 Å². The molecular weight excluding hydrogens is 220 g/mol. The van der Waals surface area contributed by atoms with Crippen LogP contribution in [-0.4, -0.2) is 29.8 Å². The maximum Gasteiger partial charge on any atom is 0.185 e. The van der Waals surface area contributed by atoms with Gasteiger partial charge in [0.05, 0.1) is 6.61 Å². The molecule has 0 unspecified atom stereocenters. The molecule has 0 saturated carbocycles. The van der Waals surface area contributed by atoms with E-state index in [1.807, 2.05) is 19.2 Å². The van der Waals surface area contributed by atoms with E-state index < -0.39 is 0 Å². The molecule has 0 fully saturated rings. The van der Waals surface area contributed by atoms with Crippen LogP contribution in [0.25, 0.3) is 6.08 Å². The molecule has 0 radical (unpaired) electrons. The van der Waals surface area contributed by atoms with Crippen molar-refractivity contribution in [3.63, 3.8) is 0 Å². The molecule has 0 saturated heterocycles. The average molecular weight is 240 g/mol. The van der Waals surface area contributed by atoms with Crippen molar-refractivity contribution < 1.29 is 5.11 Å². The Morgan fingerprint density at radius 1 is 1.44 bits per heavy atom. The molecule has 0 aliphatic carbocycles. The summed E-state index contributed by atoms with van der Waals surface area (Å²) in [6, 6.07) is 0. The Bertz CT molecular complexity index is 337. The zero-order valence-electron chi connectivity index (χ0n) is 10.2. The minimum atomic E-state index is 0.134. The van der Waals surface area contributed by atoms with Crippen molar-refractivity contribution in [1.29, 1.82) is 0 Å². The Kier molecular flexibility index (Phi) is 5.49. The van der Waals surface area contributed by atoms with E-state index in [2.05, 4.69) is 23.7 Å². The summed E-state index contributed by atoms with van der Waals surface area (Å²) in [7, 11) is 0. The number of aliphatic hydroxyl groups is 1. The monoisotopic (exact) mass is 240 g/mol. The van der Waals surface area contributed by atoms with Crippen LogP contribution in [0.5, 0.6) is 0 Å². The second-order valence-corrected chi connectivity index (χ2v) is 4.57. The smallest absolute Gasteiger partial charge is 0.185 e. The first-order valence-electron chi connectivity index (χ1n) is 5.76. The SMILES string of the molecule is CCC(=Cc1cnc(N(CC)CC)s1)CO. The molecule has 0 aliphatic heterocycles. The molecular formula is C12H20N2OS. The third-order valence-corrected chi connectivity index (χ3v) is 3.55. The number of hydrogen-bond donors (Lipinski definition) is 1. The minimum absolute atomic E-state index is 0.134. The van der Waals surface area contributed by atoms with Crippen LogP contribution in [0.2, 0.25) is 0 Å². The summed E-state index contributed by atoms with van der Waals surface area (Å²) >= 11 is 1.68. The zero-order valence-corrected chi connectivity index (χ0v) is 11.0. The second-order valence-electron chi connectivity index (χ2n) is 3.53. The van der Waals surface area contributed by atoms with E-state index in [0.29, 0.717) is 0 Å². The maximum atomic E-state index is 9.10. The van der Waals surface area contributed by atoms with E-state index >= 15 is 0 Å². The van der Waals surface area contributed by atoms with Crippen LogP contribution in [0.3, 0.4) is 0 Å². The van der Waals surface area contributed by atoms with Gasteiger partial charge < -0.3 is 10.0 Å². The number of anilines is 1. The first-order chi connectivity index (χ1) is 7.74. The lowest BCUT2D eigenvalue weighted by Gasteiger charge is -2.16. The lowest BCUT2D eigenvalue weighted by atomic mass is 10.2. The van der Waals surface area contributed by atoms with E-state index in [9.17, 15) is 0 Å². The van der Waals surface area contributed by atoms with Crippen molar-refractivity contribution >= 4 is 22.5 Å². The van der Waals surface area contributed by atoms with Gasteiger partial charge in [-0.05, 0) is 31.9 Å². The van der Waals surface area contributed by atoms with Gasteiger partial charge in [0.2, 0.25) is 0 Å². The number of nitrogens with zero attached hydrogens (tertiary/aromatic N) is 2. The summed E-state index contributed by atoms with van der Waals surface area (Å²) in [4.78, 5) is 7.75. The van der Waals surface area contributed by atoms with Gasteiger partial charge in [-0.2, -0.15) is 0 Å². The molecule has 90 valence electrons. The predicted molar refractivity (Wildman–Crippen MR) is 71.0 cm³/mol. The molecule has 0 aliphatic rings. The maximum absolute atomic E-state index is 9.10. The third-order valence-electron chi connectivity index (χ3n) is 2.55. The summed E-state index contributed by atoms with van der Waals surface area (Å²) in [6.07, 6.45) is 4.79. The number of aliphatic hydroxyl groups excluding tert-OH is 1. The highest BCUT2D eigenvalue weighted by Crippen LogP contribution is 2.24. The van der Waals surface area contributed by atoms with Gasteiger partial charge in [-0.25, -0.2) is 4.98 Å². The quantitative estimate of drug-likeness (QED) is 0.830. The Morgan fingerprint density at radius 2 is 2.12 bits per heavy atom. The van der Waals surface area contributed by atoms with Gasteiger partial charge in [-0.3, -0.25) is 0 Å². The molecule has 1 rings (SSSR count). The van der Waals surface area contributed by atoms with Crippen LogP contribution in [0.1, 0.15) is 32.1 Å². The average Bonchev–Trinajstić information content (AvgIpc) is 2.76. The van der Waals surface area contributed by atoms with E-state index in [4.69, 9.17) is 5.11 Å². The Balaban J connectivity index is 2.82. The molecule has 1 aromatic rings. The summed E-state index contributed by atoms with van der Waals surface area (Å²) in [5, 5.41) is 10.2. The van der Waals surface area contributed by atoms with Gasteiger partial charge >= 0.3 is 0 Å². The number of thiazole rings is 1. The topological polar surface area (TPSA) is 36.4 Å². The molecule has 1 aromatic heterocycles. The summed E-state index contributed by atoms with van der Waals surface area (Å²) in [6.45, 7) is 8.40. The van der Waals surface area contributed by atoms with Gasteiger partial charge in [0, 0.05) is 24.2 Å². The van der Waals surface area contributed by atoms with Crippen molar-refractivity contribution in [1.82, 2.24) is 4.98 Å². The zero-order chi connectivity index (χ0) is 12.0. The highest BCUT2D eigenvalue weighted by molar-refractivity contribution is 7.16. The van der Waals surface area contributed by atoms with E-state index in [0.717, 1.165) is 35.1 Å². The van der Waals surface area contributed by atoms with E-state index in [1.165, 1.54) is 0 Å². The van der Waals surface area contributed by atoms with E-state index in [-0.39, 0.29) is 6.61 Å². The summed E-state index contributed by atoms with van der Waals surface area (Å²) in [5.74, 6) is 0. The largest absolute Gasteiger partial charge is 0.392 e. The fraction of sp³-hybridized carbons (Fsp3) is 0.583. The summed E-state index contributed by atoms with van der Waals surface area (Å²) < 4.78 is 0. The molecule has 16 heavy (non-hydrogen) atoms. The fourth-order valence-corrected chi connectivity index (χ4v) is 2.48. The number of hydrogen-bond acceptors (Lipinski definition) is 4. The van der Waals surface area contributed by atoms with Crippen LogP contribution in [0.4, 0.5) is 5.13 Å². The number of rotatable bonds is 6. The van der Waals surface area contributed by atoms with Crippen LogP contribution >= 0.6 is 11.3 Å². The second kappa shape index (κ2) is 6.66. The normalized spacial score (nSPS) is 11.9. The highest BCUT2D eigenvalue weighted by atomic mass is 32.1. The molecule has 0 aromatic carbocycles. The van der Waals surface area contributed by atoms with Gasteiger partial charge in [-0.15, -0.1) is 0 Å². The first kappa shape index (κ1) is 13.2. The third kappa shape index (κ3) is 3.32. The van der Waals surface area contributed by atoms with Crippen molar-refractivity contribution in [2.24, 2.45) is 0 Å². The first-order valence-corrected chi connectivity index (χ1v) is 6.57. The standard InChI is InChI=1S/C12H20N2OS/c1-4-10(9-15)7-11-8-13-12(16-11)14(5-2)6-3/h7-8,15H,4-6,9H2,1-3H3. The van der Waals surface area contributed by atoms with Crippen LogP contribution < -0.4 is 4.90 Å². The predicted octanol–water partition coefficient (Wildman–Crippen LogP) is 2.78. The Labute approximate surface area is 101 Å². The molecule has 3 nitrogen and oxygen atoms in total. The van der Waals surface area contributed by atoms with Crippen LogP contribution in [0.15, 0.2) is 11.8 Å². The van der Waals surface area contributed by atoms with E-state index in [1.54, 1.807) is 11.3 Å². The molecule has 0 amide bonds. The minimum Gasteiger partial charge on any atom is -0.392 e. The molecule has 0 bridgehead atoms. The van der Waals surface area contributed by atoms with Gasteiger partial charge in [0.25, 0.3) is 0 Å². The Hall–Kier alpha value is -0.870. The van der Waals surface area contributed by atoms with Gasteiger partial charge in [0.15, 0.2) is 5.13 Å². The fourth-order valence-electron chi connectivity index (χ4n) is 1.44. The van der Waals surface area contributed by atoms with Crippen LogP contribution in [0, 0.1) is 0 Å². The highest BCUT2D eigenvalue weighted by Gasteiger charge is 2.06. The van der Waals surface area contributed by atoms with Crippen molar-refractivity contribution in [3.8, 4) is 0 Å².